The number of rotatable bonds is 16. The predicted octanol–water partition coefficient (Wildman–Crippen LogP) is 5.10. The zero-order valence-electron chi connectivity index (χ0n) is 15.2. The summed E-state index contributed by atoms with van der Waals surface area (Å²) in [4.78, 5) is 0. The van der Waals surface area contributed by atoms with E-state index in [1.54, 1.807) is 0 Å². The summed E-state index contributed by atoms with van der Waals surface area (Å²) in [7, 11) is -4.16. The van der Waals surface area contributed by atoms with E-state index in [-0.39, 0.29) is 0 Å². The van der Waals surface area contributed by atoms with Crippen molar-refractivity contribution in [3.63, 3.8) is 0 Å². The fourth-order valence-electron chi connectivity index (χ4n) is 2.99. The summed E-state index contributed by atoms with van der Waals surface area (Å²) in [6.45, 7) is 4.28. The highest BCUT2D eigenvalue weighted by atomic mass is 32.2. The van der Waals surface area contributed by atoms with Crippen molar-refractivity contribution in [3.05, 3.63) is 0 Å². The summed E-state index contributed by atoms with van der Waals surface area (Å²) >= 11 is 0. The lowest BCUT2D eigenvalue weighted by atomic mass is 10.0. The van der Waals surface area contributed by atoms with Crippen molar-refractivity contribution in [3.8, 4) is 0 Å². The molecule has 0 amide bonds. The first-order chi connectivity index (χ1) is 10.9. The summed E-state index contributed by atoms with van der Waals surface area (Å²) in [5.41, 5.74) is 0. The van der Waals surface area contributed by atoms with Crippen LogP contribution in [0.25, 0.3) is 0 Å². The Morgan fingerprint density at radius 3 is 1.57 bits per heavy atom. The topological polar surface area (TPSA) is 74.6 Å². The van der Waals surface area contributed by atoms with E-state index in [4.69, 9.17) is 0 Å². The molecule has 0 spiro atoms. The second-order valence-corrected chi connectivity index (χ2v) is 8.37. The quantitative estimate of drug-likeness (QED) is 0.300. The maximum absolute atomic E-state index is 11.5. The Labute approximate surface area is 143 Å². The monoisotopic (exact) mass is 350 g/mol. The van der Waals surface area contributed by atoms with Gasteiger partial charge in [-0.05, 0) is 12.8 Å². The molecule has 23 heavy (non-hydrogen) atoms. The Bertz CT molecular complexity index is 354. The third kappa shape index (κ3) is 12.9. The second-order valence-electron chi connectivity index (χ2n) is 6.73. The first kappa shape index (κ1) is 22.9. The van der Waals surface area contributed by atoms with E-state index in [1.807, 2.05) is 0 Å². The van der Waals surface area contributed by atoms with Gasteiger partial charge in [0.15, 0.2) is 0 Å². The van der Waals surface area contributed by atoms with Gasteiger partial charge in [-0.2, -0.15) is 8.42 Å². The van der Waals surface area contributed by atoms with Gasteiger partial charge in [0.1, 0.15) is 5.25 Å². The minimum atomic E-state index is -4.16. The van der Waals surface area contributed by atoms with Crippen LogP contribution < -0.4 is 0 Å². The van der Waals surface area contributed by atoms with Crippen LogP contribution in [0.5, 0.6) is 0 Å². The van der Waals surface area contributed by atoms with Crippen LogP contribution in [-0.4, -0.2) is 29.4 Å². The van der Waals surface area contributed by atoms with Gasteiger partial charge in [0, 0.05) is 0 Å². The average molecular weight is 351 g/mol. The van der Waals surface area contributed by atoms with Gasteiger partial charge in [-0.1, -0.05) is 90.9 Å². The van der Waals surface area contributed by atoms with Gasteiger partial charge in [0.2, 0.25) is 0 Å². The van der Waals surface area contributed by atoms with Gasteiger partial charge in [0.05, 0.1) is 6.10 Å². The lowest BCUT2D eigenvalue weighted by Gasteiger charge is -2.20. The molecule has 0 fully saturated rings. The van der Waals surface area contributed by atoms with Gasteiger partial charge in [-0.3, -0.25) is 4.55 Å². The molecule has 0 radical (unpaired) electrons. The molecule has 0 bridgehead atoms. The summed E-state index contributed by atoms with van der Waals surface area (Å²) in [6, 6.07) is 0. The molecule has 2 unspecified atom stereocenters. The molecule has 0 aliphatic rings. The maximum Gasteiger partial charge on any atom is 0.270 e. The van der Waals surface area contributed by atoms with E-state index < -0.39 is 21.5 Å². The summed E-state index contributed by atoms with van der Waals surface area (Å²) < 4.78 is 32.3. The third-order valence-electron chi connectivity index (χ3n) is 4.51. The summed E-state index contributed by atoms with van der Waals surface area (Å²) in [5.74, 6) is 0. The van der Waals surface area contributed by atoms with E-state index >= 15 is 0 Å². The second kappa shape index (κ2) is 14.2. The number of hydrogen-bond acceptors (Lipinski definition) is 3. The Balaban J connectivity index is 3.90. The third-order valence-corrected chi connectivity index (χ3v) is 5.82. The molecule has 2 N–H and O–H groups in total. The average Bonchev–Trinajstić information content (AvgIpc) is 2.48. The molecule has 0 rings (SSSR count). The SMILES string of the molecule is CCCCCCCCCCCC(C(O)CCCCC)S(=O)(=O)O. The fraction of sp³-hybridized carbons (Fsp3) is 1.00. The Morgan fingerprint density at radius 2 is 1.09 bits per heavy atom. The number of aliphatic hydroxyl groups is 1. The van der Waals surface area contributed by atoms with Crippen molar-refractivity contribution >= 4 is 10.1 Å². The van der Waals surface area contributed by atoms with Crippen LogP contribution in [0, 0.1) is 0 Å². The van der Waals surface area contributed by atoms with Gasteiger partial charge in [0.25, 0.3) is 10.1 Å². The zero-order valence-corrected chi connectivity index (χ0v) is 16.0. The normalized spacial score (nSPS) is 14.8. The van der Waals surface area contributed by atoms with Crippen LogP contribution in [0.3, 0.4) is 0 Å². The molecule has 140 valence electrons. The minimum Gasteiger partial charge on any atom is -0.392 e. The predicted molar refractivity (Wildman–Crippen MR) is 97.3 cm³/mol. The van der Waals surface area contributed by atoms with Crippen molar-refractivity contribution < 1.29 is 18.1 Å². The highest BCUT2D eigenvalue weighted by molar-refractivity contribution is 7.86. The molecule has 0 saturated carbocycles. The number of aliphatic hydroxyl groups excluding tert-OH is 1. The lowest BCUT2D eigenvalue weighted by molar-refractivity contribution is 0.146. The molecule has 0 aliphatic heterocycles. The largest absolute Gasteiger partial charge is 0.392 e. The van der Waals surface area contributed by atoms with Crippen LogP contribution in [0.1, 0.15) is 104 Å². The van der Waals surface area contributed by atoms with E-state index in [0.717, 1.165) is 38.5 Å². The molecule has 0 heterocycles. The standard InChI is InChI=1S/C18H38O4S/c1-3-5-7-8-9-10-11-12-14-16-18(23(20,21)22)17(19)15-13-6-4-2/h17-19H,3-16H2,1-2H3,(H,20,21,22). The molecule has 0 aliphatic carbocycles. The van der Waals surface area contributed by atoms with E-state index in [9.17, 15) is 18.1 Å². The summed E-state index contributed by atoms with van der Waals surface area (Å²) in [6.07, 6.45) is 13.1. The molecule has 0 saturated heterocycles. The smallest absolute Gasteiger partial charge is 0.270 e. The molecule has 4 nitrogen and oxygen atoms in total. The van der Waals surface area contributed by atoms with Crippen LogP contribution in [-0.2, 0) is 10.1 Å². The number of unbranched alkanes of at least 4 members (excludes halogenated alkanes) is 10. The number of hydrogen-bond donors (Lipinski definition) is 2. The Kier molecular flexibility index (Phi) is 14.2. The highest BCUT2D eigenvalue weighted by Gasteiger charge is 2.29. The molecule has 0 aromatic carbocycles. The first-order valence-corrected chi connectivity index (χ1v) is 11.1. The van der Waals surface area contributed by atoms with Gasteiger partial charge in [-0.25, -0.2) is 0 Å². The fourth-order valence-corrected chi connectivity index (χ4v) is 3.98. The van der Waals surface area contributed by atoms with E-state index in [2.05, 4.69) is 13.8 Å². The zero-order chi connectivity index (χ0) is 17.6. The molecule has 2 atom stereocenters. The van der Waals surface area contributed by atoms with Crippen molar-refractivity contribution in [1.29, 1.82) is 0 Å². The van der Waals surface area contributed by atoms with Gasteiger partial charge >= 0.3 is 0 Å². The molecular weight excluding hydrogens is 312 g/mol. The molecule has 0 aromatic rings. The van der Waals surface area contributed by atoms with Gasteiger partial charge < -0.3 is 5.11 Å². The van der Waals surface area contributed by atoms with Crippen molar-refractivity contribution in [2.24, 2.45) is 0 Å². The molecule has 5 heteroatoms. The first-order valence-electron chi connectivity index (χ1n) is 9.57. The Morgan fingerprint density at radius 1 is 0.696 bits per heavy atom. The van der Waals surface area contributed by atoms with Crippen molar-refractivity contribution in [2.45, 2.75) is 115 Å². The van der Waals surface area contributed by atoms with Crippen molar-refractivity contribution in [1.82, 2.24) is 0 Å². The van der Waals surface area contributed by atoms with Crippen LogP contribution in [0.2, 0.25) is 0 Å². The minimum absolute atomic E-state index is 0.363. The maximum atomic E-state index is 11.5. The van der Waals surface area contributed by atoms with Crippen LogP contribution in [0.15, 0.2) is 0 Å². The summed E-state index contributed by atoms with van der Waals surface area (Å²) in [5, 5.41) is 9.04. The highest BCUT2D eigenvalue weighted by Crippen LogP contribution is 2.19. The van der Waals surface area contributed by atoms with E-state index in [0.29, 0.717) is 12.8 Å². The molecular formula is C18H38O4S. The molecule has 0 aromatic heterocycles. The van der Waals surface area contributed by atoms with Crippen molar-refractivity contribution in [2.75, 3.05) is 0 Å². The lowest BCUT2D eigenvalue weighted by Crippen LogP contribution is -2.33. The van der Waals surface area contributed by atoms with Crippen LogP contribution >= 0.6 is 0 Å². The van der Waals surface area contributed by atoms with E-state index in [1.165, 1.54) is 38.5 Å². The van der Waals surface area contributed by atoms with Gasteiger partial charge in [-0.15, -0.1) is 0 Å². The Hall–Kier alpha value is -0.130. The van der Waals surface area contributed by atoms with Crippen LogP contribution in [0.4, 0.5) is 0 Å².